The summed E-state index contributed by atoms with van der Waals surface area (Å²) in [6.07, 6.45) is -4.43. The zero-order valence-corrected chi connectivity index (χ0v) is 13.0. The van der Waals surface area contributed by atoms with Gasteiger partial charge in [0.2, 0.25) is 0 Å². The molecule has 112 valence electrons. The Morgan fingerprint density at radius 3 is 2.43 bits per heavy atom. The molecule has 5 heteroatoms. The zero-order chi connectivity index (χ0) is 15.5. The van der Waals surface area contributed by atoms with Gasteiger partial charge < -0.3 is 4.74 Å². The van der Waals surface area contributed by atoms with E-state index in [-0.39, 0.29) is 12.4 Å². The average Bonchev–Trinajstić information content (AvgIpc) is 2.44. The van der Waals surface area contributed by atoms with Crippen LogP contribution < -0.4 is 4.74 Å². The molecular weight excluding hydrogens is 345 g/mol. The van der Waals surface area contributed by atoms with Crippen LogP contribution in [0.5, 0.6) is 5.75 Å². The van der Waals surface area contributed by atoms with E-state index >= 15 is 0 Å². The van der Waals surface area contributed by atoms with Gasteiger partial charge >= 0.3 is 6.18 Å². The van der Waals surface area contributed by atoms with E-state index in [1.807, 2.05) is 31.2 Å². The fourth-order valence-corrected chi connectivity index (χ4v) is 2.32. The summed E-state index contributed by atoms with van der Waals surface area (Å²) in [7, 11) is 0. The SMILES string of the molecule is Cc1cccc(COc2ccc(CBr)cc2C(F)(F)F)c1. The van der Waals surface area contributed by atoms with Crippen molar-refractivity contribution in [2.24, 2.45) is 0 Å². The molecule has 0 saturated carbocycles. The zero-order valence-electron chi connectivity index (χ0n) is 11.4. The van der Waals surface area contributed by atoms with Gasteiger partial charge in [0.25, 0.3) is 0 Å². The van der Waals surface area contributed by atoms with Crippen LogP contribution >= 0.6 is 15.9 Å². The van der Waals surface area contributed by atoms with Crippen LogP contribution in [0.4, 0.5) is 13.2 Å². The minimum atomic E-state index is -4.43. The fraction of sp³-hybridized carbons (Fsp3) is 0.250. The summed E-state index contributed by atoms with van der Waals surface area (Å²) in [6.45, 7) is 2.04. The van der Waals surface area contributed by atoms with E-state index < -0.39 is 11.7 Å². The molecule has 1 nitrogen and oxygen atoms in total. The average molecular weight is 359 g/mol. The molecular formula is C16H14BrF3O. The summed E-state index contributed by atoms with van der Waals surface area (Å²) in [5, 5.41) is 0.369. The van der Waals surface area contributed by atoms with Gasteiger partial charge in [-0.05, 0) is 30.2 Å². The lowest BCUT2D eigenvalue weighted by molar-refractivity contribution is -0.139. The second-order valence-corrected chi connectivity index (χ2v) is 5.30. The summed E-state index contributed by atoms with van der Waals surface area (Å²) in [5.74, 6) is -0.145. The third-order valence-electron chi connectivity index (χ3n) is 2.98. The highest BCUT2D eigenvalue weighted by Crippen LogP contribution is 2.37. The first-order valence-electron chi connectivity index (χ1n) is 6.34. The minimum absolute atomic E-state index is 0.110. The predicted molar refractivity (Wildman–Crippen MR) is 79.6 cm³/mol. The van der Waals surface area contributed by atoms with Gasteiger partial charge in [0.05, 0.1) is 5.56 Å². The van der Waals surface area contributed by atoms with Crippen molar-refractivity contribution in [3.05, 3.63) is 64.7 Å². The molecule has 2 aromatic carbocycles. The first-order chi connectivity index (χ1) is 9.90. The van der Waals surface area contributed by atoms with E-state index in [1.165, 1.54) is 6.07 Å². The second-order valence-electron chi connectivity index (χ2n) is 4.74. The van der Waals surface area contributed by atoms with Crippen molar-refractivity contribution < 1.29 is 17.9 Å². The van der Waals surface area contributed by atoms with Crippen molar-refractivity contribution in [2.75, 3.05) is 0 Å². The molecule has 21 heavy (non-hydrogen) atoms. The van der Waals surface area contributed by atoms with Crippen LogP contribution in [0.3, 0.4) is 0 Å². The number of benzene rings is 2. The minimum Gasteiger partial charge on any atom is -0.488 e. The maximum atomic E-state index is 13.1. The normalized spacial score (nSPS) is 11.5. The maximum absolute atomic E-state index is 13.1. The Kier molecular flexibility index (Phi) is 4.93. The standard InChI is InChI=1S/C16H14BrF3O/c1-11-3-2-4-13(7-11)10-21-15-6-5-12(9-17)8-14(15)16(18,19)20/h2-8H,9-10H2,1H3. The Labute approximate surface area is 129 Å². The van der Waals surface area contributed by atoms with Gasteiger partial charge in [0.1, 0.15) is 12.4 Å². The Morgan fingerprint density at radius 1 is 1.05 bits per heavy atom. The first-order valence-corrected chi connectivity index (χ1v) is 7.46. The lowest BCUT2D eigenvalue weighted by Crippen LogP contribution is -2.09. The largest absolute Gasteiger partial charge is 0.488 e. The quantitative estimate of drug-likeness (QED) is 0.656. The van der Waals surface area contributed by atoms with E-state index in [4.69, 9.17) is 4.74 Å². The topological polar surface area (TPSA) is 9.23 Å². The predicted octanol–water partition coefficient (Wildman–Crippen LogP) is 5.49. The number of ether oxygens (including phenoxy) is 1. The van der Waals surface area contributed by atoms with Gasteiger partial charge in [-0.3, -0.25) is 0 Å². The molecule has 0 aliphatic heterocycles. The Balaban J connectivity index is 2.23. The van der Waals surface area contributed by atoms with Gasteiger partial charge in [-0.2, -0.15) is 13.2 Å². The molecule has 0 spiro atoms. The molecule has 0 heterocycles. The molecule has 2 aromatic rings. The van der Waals surface area contributed by atoms with Crippen LogP contribution in [0.25, 0.3) is 0 Å². The number of alkyl halides is 4. The molecule has 0 aliphatic rings. The lowest BCUT2D eigenvalue weighted by atomic mass is 10.1. The molecule has 0 amide bonds. The van der Waals surface area contributed by atoms with E-state index in [0.717, 1.165) is 17.2 Å². The van der Waals surface area contributed by atoms with Crippen LogP contribution in [-0.2, 0) is 18.1 Å². The highest BCUT2D eigenvalue weighted by molar-refractivity contribution is 9.08. The van der Waals surface area contributed by atoms with Crippen LogP contribution in [0.15, 0.2) is 42.5 Å². The Bertz CT molecular complexity index is 623. The number of halogens is 4. The van der Waals surface area contributed by atoms with Crippen LogP contribution in [-0.4, -0.2) is 0 Å². The molecule has 0 aliphatic carbocycles. The highest BCUT2D eigenvalue weighted by Gasteiger charge is 2.34. The third-order valence-corrected chi connectivity index (χ3v) is 3.63. The van der Waals surface area contributed by atoms with Gasteiger partial charge in [0, 0.05) is 5.33 Å². The summed E-state index contributed by atoms with van der Waals surface area (Å²) in [6, 6.07) is 11.6. The number of aryl methyl sites for hydroxylation is 1. The molecule has 0 saturated heterocycles. The molecule has 0 atom stereocenters. The number of rotatable bonds is 4. The van der Waals surface area contributed by atoms with Crippen molar-refractivity contribution in [3.8, 4) is 5.75 Å². The highest BCUT2D eigenvalue weighted by atomic mass is 79.9. The summed E-state index contributed by atoms with van der Waals surface area (Å²) in [5.41, 5.74) is 1.70. The third kappa shape index (κ3) is 4.24. The monoisotopic (exact) mass is 358 g/mol. The molecule has 0 N–H and O–H groups in total. The smallest absolute Gasteiger partial charge is 0.419 e. The Hall–Kier alpha value is -1.49. The number of hydrogen-bond acceptors (Lipinski definition) is 1. The molecule has 0 aromatic heterocycles. The summed E-state index contributed by atoms with van der Waals surface area (Å²) in [4.78, 5) is 0. The van der Waals surface area contributed by atoms with Crippen molar-refractivity contribution in [1.29, 1.82) is 0 Å². The number of hydrogen-bond donors (Lipinski definition) is 0. The Morgan fingerprint density at radius 2 is 1.81 bits per heavy atom. The lowest BCUT2D eigenvalue weighted by Gasteiger charge is -2.15. The summed E-state index contributed by atoms with van der Waals surface area (Å²) < 4.78 is 44.5. The van der Waals surface area contributed by atoms with E-state index in [9.17, 15) is 13.2 Å². The fourth-order valence-electron chi connectivity index (χ4n) is 1.97. The van der Waals surface area contributed by atoms with Crippen molar-refractivity contribution in [3.63, 3.8) is 0 Å². The van der Waals surface area contributed by atoms with Crippen molar-refractivity contribution >= 4 is 15.9 Å². The van der Waals surface area contributed by atoms with Crippen molar-refractivity contribution in [1.82, 2.24) is 0 Å². The first kappa shape index (κ1) is 15.9. The van der Waals surface area contributed by atoms with Gasteiger partial charge in [0.15, 0.2) is 0 Å². The van der Waals surface area contributed by atoms with Crippen LogP contribution in [0, 0.1) is 6.92 Å². The molecule has 0 radical (unpaired) electrons. The van der Waals surface area contributed by atoms with E-state index in [2.05, 4.69) is 15.9 Å². The molecule has 0 bridgehead atoms. The molecule has 2 rings (SSSR count). The molecule has 0 unspecified atom stereocenters. The van der Waals surface area contributed by atoms with E-state index in [1.54, 1.807) is 6.07 Å². The molecule has 0 fully saturated rings. The van der Waals surface area contributed by atoms with Gasteiger partial charge in [-0.15, -0.1) is 0 Å². The van der Waals surface area contributed by atoms with Crippen LogP contribution in [0.2, 0.25) is 0 Å². The van der Waals surface area contributed by atoms with E-state index in [0.29, 0.717) is 10.9 Å². The summed E-state index contributed by atoms with van der Waals surface area (Å²) >= 11 is 3.16. The maximum Gasteiger partial charge on any atom is 0.419 e. The van der Waals surface area contributed by atoms with Gasteiger partial charge in [-0.1, -0.05) is 51.8 Å². The van der Waals surface area contributed by atoms with Crippen LogP contribution in [0.1, 0.15) is 22.3 Å². The second kappa shape index (κ2) is 6.52. The van der Waals surface area contributed by atoms with Crippen molar-refractivity contribution in [2.45, 2.75) is 25.0 Å². The van der Waals surface area contributed by atoms with Gasteiger partial charge in [-0.25, -0.2) is 0 Å².